The zero-order valence-electron chi connectivity index (χ0n) is 16.5. The molecule has 148 valence electrons. The lowest BCUT2D eigenvalue weighted by atomic mass is 9.96. The van der Waals surface area contributed by atoms with E-state index in [0.717, 1.165) is 16.9 Å². The number of aryl methyl sites for hydroxylation is 1. The first kappa shape index (κ1) is 18.7. The molecule has 2 aromatic carbocycles. The van der Waals surface area contributed by atoms with Crippen molar-refractivity contribution in [2.24, 2.45) is 0 Å². The third-order valence-corrected chi connectivity index (χ3v) is 4.92. The van der Waals surface area contributed by atoms with Crippen LogP contribution in [0.2, 0.25) is 0 Å². The molecule has 1 aliphatic rings. The van der Waals surface area contributed by atoms with Gasteiger partial charge in [-0.3, -0.25) is 0 Å². The van der Waals surface area contributed by atoms with Crippen LogP contribution in [-0.2, 0) is 16.1 Å². The molecule has 0 radical (unpaired) electrons. The standard InChI is InChI=1S/C22H22N4O3/c1-14-4-6-16(7-5-14)12-29-18-10-8-17(9-11-18)20-19(21(27)28-3)15(2)25-22-23-13-24-26(20)22/h4-11,13,20H,12H2,1-3H3,(H,23,24,25)/t20-/m0/s1. The molecule has 0 saturated carbocycles. The summed E-state index contributed by atoms with van der Waals surface area (Å²) in [6.07, 6.45) is 1.46. The second-order valence-electron chi connectivity index (χ2n) is 6.93. The maximum atomic E-state index is 12.4. The lowest BCUT2D eigenvalue weighted by molar-refractivity contribution is -0.136. The van der Waals surface area contributed by atoms with Gasteiger partial charge in [0.05, 0.1) is 12.7 Å². The first-order chi connectivity index (χ1) is 14.1. The topological polar surface area (TPSA) is 78.3 Å². The number of methoxy groups -OCH3 is 1. The summed E-state index contributed by atoms with van der Waals surface area (Å²) in [5.41, 5.74) is 4.41. The Hall–Kier alpha value is -3.61. The molecule has 29 heavy (non-hydrogen) atoms. The van der Waals surface area contributed by atoms with Crippen LogP contribution in [0.5, 0.6) is 5.75 Å². The van der Waals surface area contributed by atoms with Crippen molar-refractivity contribution in [3.8, 4) is 5.75 Å². The predicted molar refractivity (Wildman–Crippen MR) is 108 cm³/mol. The maximum Gasteiger partial charge on any atom is 0.338 e. The summed E-state index contributed by atoms with van der Waals surface area (Å²) in [5, 5.41) is 7.39. The van der Waals surface area contributed by atoms with Crippen LogP contribution in [0.1, 0.15) is 29.7 Å². The Balaban J connectivity index is 1.58. The first-order valence-electron chi connectivity index (χ1n) is 9.30. The minimum atomic E-state index is -0.424. The van der Waals surface area contributed by atoms with Crippen LogP contribution in [0.3, 0.4) is 0 Å². The molecule has 0 saturated heterocycles. The van der Waals surface area contributed by atoms with Crippen LogP contribution >= 0.6 is 0 Å². The molecular formula is C22H22N4O3. The summed E-state index contributed by atoms with van der Waals surface area (Å²) >= 11 is 0. The third-order valence-electron chi connectivity index (χ3n) is 4.92. The number of fused-ring (bicyclic) bond motifs is 1. The number of hydrogen-bond donors (Lipinski definition) is 1. The summed E-state index contributed by atoms with van der Waals surface area (Å²) in [6.45, 7) is 4.38. The number of carbonyl (C=O) groups is 1. The average Bonchev–Trinajstić information content (AvgIpc) is 3.20. The Labute approximate surface area is 169 Å². The lowest BCUT2D eigenvalue weighted by Crippen LogP contribution is -2.29. The number of esters is 1. The van der Waals surface area contributed by atoms with Crippen molar-refractivity contribution >= 4 is 11.9 Å². The smallest absolute Gasteiger partial charge is 0.338 e. The van der Waals surface area contributed by atoms with Gasteiger partial charge >= 0.3 is 5.97 Å². The maximum absolute atomic E-state index is 12.4. The van der Waals surface area contributed by atoms with Crippen LogP contribution in [0.15, 0.2) is 66.1 Å². The zero-order valence-corrected chi connectivity index (χ0v) is 16.5. The molecule has 0 amide bonds. The van der Waals surface area contributed by atoms with Crippen LogP contribution in [0, 0.1) is 6.92 Å². The average molecular weight is 390 g/mol. The van der Waals surface area contributed by atoms with Crippen LogP contribution in [0.25, 0.3) is 0 Å². The van der Waals surface area contributed by atoms with Crippen LogP contribution in [-0.4, -0.2) is 27.8 Å². The van der Waals surface area contributed by atoms with Gasteiger partial charge in [0.15, 0.2) is 0 Å². The fourth-order valence-electron chi connectivity index (χ4n) is 3.37. The number of aromatic nitrogens is 3. The molecule has 1 N–H and O–H groups in total. The molecule has 0 aliphatic carbocycles. The molecule has 2 heterocycles. The molecule has 0 fully saturated rings. The number of hydrogen-bond acceptors (Lipinski definition) is 6. The van der Waals surface area contributed by atoms with Gasteiger partial charge in [0, 0.05) is 5.70 Å². The highest BCUT2D eigenvalue weighted by Gasteiger charge is 2.33. The number of allylic oxidation sites excluding steroid dienone is 1. The van der Waals surface area contributed by atoms with Crippen molar-refractivity contribution in [2.75, 3.05) is 12.4 Å². The highest BCUT2D eigenvalue weighted by molar-refractivity contribution is 5.92. The second-order valence-corrected chi connectivity index (χ2v) is 6.93. The van der Waals surface area contributed by atoms with E-state index in [1.165, 1.54) is 19.0 Å². The molecule has 7 heteroatoms. The highest BCUT2D eigenvalue weighted by Crippen LogP contribution is 2.35. The van der Waals surface area contributed by atoms with Crippen molar-refractivity contribution in [2.45, 2.75) is 26.5 Å². The zero-order chi connectivity index (χ0) is 20.4. The Morgan fingerprint density at radius 2 is 1.83 bits per heavy atom. The fourth-order valence-corrected chi connectivity index (χ4v) is 3.37. The Bertz CT molecular complexity index is 1050. The van der Waals surface area contributed by atoms with E-state index in [0.29, 0.717) is 23.8 Å². The first-order valence-corrected chi connectivity index (χ1v) is 9.30. The predicted octanol–water partition coefficient (Wildman–Crippen LogP) is 3.63. The monoisotopic (exact) mass is 390 g/mol. The molecule has 3 aromatic rings. The van der Waals surface area contributed by atoms with Gasteiger partial charge < -0.3 is 14.8 Å². The van der Waals surface area contributed by atoms with E-state index in [-0.39, 0.29) is 0 Å². The normalized spacial score (nSPS) is 15.5. The lowest BCUT2D eigenvalue weighted by Gasteiger charge is -2.28. The Morgan fingerprint density at radius 3 is 2.52 bits per heavy atom. The van der Waals surface area contributed by atoms with Crippen molar-refractivity contribution in [3.05, 3.63) is 82.8 Å². The van der Waals surface area contributed by atoms with E-state index in [1.807, 2.05) is 31.2 Å². The largest absolute Gasteiger partial charge is 0.489 e. The van der Waals surface area contributed by atoms with Gasteiger partial charge in [-0.2, -0.15) is 10.1 Å². The number of nitrogens with one attached hydrogen (secondary N) is 1. The van der Waals surface area contributed by atoms with Crippen molar-refractivity contribution in [1.29, 1.82) is 0 Å². The SMILES string of the molecule is COC(=O)C1=C(C)Nc2ncnn2[C@H]1c1ccc(OCc2ccc(C)cc2)cc1. The molecule has 0 spiro atoms. The minimum absolute atomic E-state index is 0.402. The molecular weight excluding hydrogens is 368 g/mol. The van der Waals surface area contributed by atoms with Crippen molar-refractivity contribution in [3.63, 3.8) is 0 Å². The summed E-state index contributed by atoms with van der Waals surface area (Å²) in [5.74, 6) is 0.933. The van der Waals surface area contributed by atoms with Gasteiger partial charge in [-0.05, 0) is 37.1 Å². The number of carbonyl (C=O) groups excluding carboxylic acids is 1. The van der Waals surface area contributed by atoms with Crippen LogP contribution in [0.4, 0.5) is 5.95 Å². The molecule has 0 unspecified atom stereocenters. The quantitative estimate of drug-likeness (QED) is 0.671. The van der Waals surface area contributed by atoms with E-state index < -0.39 is 12.0 Å². The van der Waals surface area contributed by atoms with E-state index in [4.69, 9.17) is 9.47 Å². The van der Waals surface area contributed by atoms with Crippen molar-refractivity contribution in [1.82, 2.24) is 14.8 Å². The van der Waals surface area contributed by atoms with E-state index in [1.54, 1.807) is 4.68 Å². The van der Waals surface area contributed by atoms with Gasteiger partial charge in [-0.25, -0.2) is 9.48 Å². The van der Waals surface area contributed by atoms with Gasteiger partial charge in [0.1, 0.15) is 24.7 Å². The molecule has 1 atom stereocenters. The Kier molecular flexibility index (Phi) is 5.03. The third kappa shape index (κ3) is 3.71. The molecule has 7 nitrogen and oxygen atoms in total. The summed E-state index contributed by atoms with van der Waals surface area (Å²) in [4.78, 5) is 16.7. The van der Waals surface area contributed by atoms with Gasteiger partial charge in [-0.15, -0.1) is 0 Å². The number of anilines is 1. The summed E-state index contributed by atoms with van der Waals surface area (Å²) < 4.78 is 12.6. The van der Waals surface area contributed by atoms with Gasteiger partial charge in [0.2, 0.25) is 5.95 Å². The highest BCUT2D eigenvalue weighted by atomic mass is 16.5. The number of nitrogens with zero attached hydrogens (tertiary/aromatic N) is 3. The molecule has 1 aliphatic heterocycles. The minimum Gasteiger partial charge on any atom is -0.489 e. The van der Waals surface area contributed by atoms with E-state index >= 15 is 0 Å². The van der Waals surface area contributed by atoms with Gasteiger partial charge in [-0.1, -0.05) is 42.0 Å². The van der Waals surface area contributed by atoms with Gasteiger partial charge in [0.25, 0.3) is 0 Å². The molecule has 0 bridgehead atoms. The number of rotatable bonds is 5. The second kappa shape index (κ2) is 7.79. The molecule has 4 rings (SSSR count). The van der Waals surface area contributed by atoms with E-state index in [9.17, 15) is 4.79 Å². The van der Waals surface area contributed by atoms with E-state index in [2.05, 4.69) is 46.6 Å². The van der Waals surface area contributed by atoms with Crippen LogP contribution < -0.4 is 10.1 Å². The fraction of sp³-hybridized carbons (Fsp3) is 0.227. The summed E-state index contributed by atoms with van der Waals surface area (Å²) in [6, 6.07) is 15.5. The number of ether oxygens (including phenoxy) is 2. The summed E-state index contributed by atoms with van der Waals surface area (Å²) in [7, 11) is 1.37. The van der Waals surface area contributed by atoms with Crippen molar-refractivity contribution < 1.29 is 14.3 Å². The number of benzene rings is 2. The molecule has 1 aromatic heterocycles. The Morgan fingerprint density at radius 1 is 1.10 bits per heavy atom.